The number of hydrogen-bond acceptors (Lipinski definition) is 4. The zero-order valence-electron chi connectivity index (χ0n) is 12.4. The van der Waals surface area contributed by atoms with E-state index in [1.165, 1.54) is 20.1 Å². The molecule has 0 aliphatic heterocycles. The fourth-order valence-corrected chi connectivity index (χ4v) is 3.34. The number of amides is 1. The summed E-state index contributed by atoms with van der Waals surface area (Å²) in [7, 11) is -2.18. The average molecular weight is 335 g/mol. The third-order valence-corrected chi connectivity index (χ3v) is 4.37. The van der Waals surface area contributed by atoms with Gasteiger partial charge in [0, 0.05) is 6.54 Å². The number of rotatable bonds is 6. The number of methoxy groups -OCH3 is 1. The van der Waals surface area contributed by atoms with Crippen LogP contribution >= 0.6 is 11.6 Å². The van der Waals surface area contributed by atoms with Crippen LogP contribution in [0.2, 0.25) is 5.02 Å². The number of nitrogens with one attached hydrogen (secondary N) is 1. The lowest BCUT2D eigenvalue weighted by Gasteiger charge is -2.28. The molecule has 0 aliphatic carbocycles. The van der Waals surface area contributed by atoms with Crippen LogP contribution in [0.25, 0.3) is 0 Å². The number of carbonyl (C=O) groups excluding carboxylic acids is 1. The molecule has 1 atom stereocenters. The van der Waals surface area contributed by atoms with Gasteiger partial charge in [0.05, 0.1) is 24.1 Å². The highest BCUT2D eigenvalue weighted by atomic mass is 35.5. The summed E-state index contributed by atoms with van der Waals surface area (Å²) < 4.78 is 30.1. The van der Waals surface area contributed by atoms with Crippen molar-refractivity contribution >= 4 is 33.2 Å². The molecule has 0 spiro atoms. The minimum absolute atomic E-state index is 0.270. The van der Waals surface area contributed by atoms with E-state index in [1.807, 2.05) is 0 Å². The maximum atomic E-state index is 12.0. The summed E-state index contributed by atoms with van der Waals surface area (Å²) in [6.07, 6.45) is 1.04. The van der Waals surface area contributed by atoms with E-state index in [4.69, 9.17) is 16.3 Å². The van der Waals surface area contributed by atoms with Gasteiger partial charge >= 0.3 is 0 Å². The van der Waals surface area contributed by atoms with Gasteiger partial charge in [-0.25, -0.2) is 8.42 Å². The number of sulfonamides is 1. The molecule has 8 heteroatoms. The molecule has 1 N–H and O–H groups in total. The summed E-state index contributed by atoms with van der Waals surface area (Å²) in [5, 5.41) is 2.87. The van der Waals surface area contributed by atoms with Gasteiger partial charge in [-0.15, -0.1) is 0 Å². The van der Waals surface area contributed by atoms with Gasteiger partial charge in [-0.05, 0) is 32.0 Å². The smallest absolute Gasteiger partial charge is 0.243 e. The minimum atomic E-state index is -3.64. The Morgan fingerprint density at radius 2 is 2.10 bits per heavy atom. The molecule has 0 saturated heterocycles. The van der Waals surface area contributed by atoms with Crippen molar-refractivity contribution in [3.8, 4) is 5.75 Å². The van der Waals surface area contributed by atoms with Gasteiger partial charge in [0.1, 0.15) is 11.8 Å². The monoisotopic (exact) mass is 334 g/mol. The number of ether oxygens (including phenoxy) is 1. The first-order chi connectivity index (χ1) is 9.72. The normalized spacial score (nSPS) is 12.6. The van der Waals surface area contributed by atoms with Crippen LogP contribution in [0, 0.1) is 0 Å². The molecule has 1 amide bonds. The number of anilines is 1. The van der Waals surface area contributed by atoms with Gasteiger partial charge in [0.15, 0.2) is 0 Å². The third-order valence-electron chi connectivity index (χ3n) is 2.83. The fourth-order valence-electron chi connectivity index (χ4n) is 1.92. The maximum absolute atomic E-state index is 12.0. The molecular formula is C13H19ClN2O4S. The van der Waals surface area contributed by atoms with Gasteiger partial charge in [0.25, 0.3) is 0 Å². The molecule has 1 aromatic rings. The predicted octanol–water partition coefficient (Wildman–Crippen LogP) is 1.64. The zero-order chi connectivity index (χ0) is 16.2. The molecule has 1 rings (SSSR count). The van der Waals surface area contributed by atoms with E-state index in [9.17, 15) is 13.2 Å². The van der Waals surface area contributed by atoms with Crippen LogP contribution in [-0.2, 0) is 14.8 Å². The second-order valence-electron chi connectivity index (χ2n) is 4.45. The third kappa shape index (κ3) is 4.25. The Hall–Kier alpha value is -1.47. The molecule has 21 heavy (non-hydrogen) atoms. The molecule has 0 radical (unpaired) electrons. The highest BCUT2D eigenvalue weighted by Gasteiger charge is 2.29. The number of hydrogen-bond donors (Lipinski definition) is 1. The summed E-state index contributed by atoms with van der Waals surface area (Å²) in [4.78, 5) is 11.9. The van der Waals surface area contributed by atoms with Gasteiger partial charge in [-0.2, -0.15) is 0 Å². The Morgan fingerprint density at radius 3 is 2.52 bits per heavy atom. The lowest BCUT2D eigenvalue weighted by molar-refractivity contribution is -0.121. The van der Waals surface area contributed by atoms with E-state index in [1.54, 1.807) is 19.1 Å². The highest BCUT2D eigenvalue weighted by molar-refractivity contribution is 7.92. The SMILES string of the molecule is CCNC(=O)[C@H](C)N(c1ccc(OC)c(Cl)c1)S(C)(=O)=O. The number of benzene rings is 1. The van der Waals surface area contributed by atoms with Crippen molar-refractivity contribution in [2.75, 3.05) is 24.2 Å². The van der Waals surface area contributed by atoms with Crippen LogP contribution in [0.4, 0.5) is 5.69 Å². The Bertz CT molecular complexity index is 619. The Kier molecular flexibility index (Phi) is 5.86. The summed E-state index contributed by atoms with van der Waals surface area (Å²) in [6.45, 7) is 3.70. The van der Waals surface area contributed by atoms with Crippen LogP contribution in [-0.4, -0.2) is 40.3 Å². The number of likely N-dealkylation sites (N-methyl/N-ethyl adjacent to an activating group) is 1. The van der Waals surface area contributed by atoms with Gasteiger partial charge < -0.3 is 10.1 Å². The number of carbonyl (C=O) groups is 1. The standard InChI is InChI=1S/C13H19ClN2O4S/c1-5-15-13(17)9(2)16(21(4,18)19)10-6-7-12(20-3)11(14)8-10/h6-9H,5H2,1-4H3,(H,15,17)/t9-/m0/s1. The second kappa shape index (κ2) is 7.00. The molecule has 118 valence electrons. The first-order valence-electron chi connectivity index (χ1n) is 6.33. The Labute approximate surface area is 130 Å². The fraction of sp³-hybridized carbons (Fsp3) is 0.462. The largest absolute Gasteiger partial charge is 0.495 e. The number of halogens is 1. The van der Waals surface area contributed by atoms with Crippen molar-refractivity contribution in [2.45, 2.75) is 19.9 Å². The van der Waals surface area contributed by atoms with Crippen molar-refractivity contribution in [2.24, 2.45) is 0 Å². The summed E-state index contributed by atoms with van der Waals surface area (Å²) in [6, 6.07) is 3.67. The highest BCUT2D eigenvalue weighted by Crippen LogP contribution is 2.31. The van der Waals surface area contributed by atoms with Gasteiger partial charge in [0.2, 0.25) is 15.9 Å². The lowest BCUT2D eigenvalue weighted by Crippen LogP contribution is -2.47. The van der Waals surface area contributed by atoms with E-state index in [-0.39, 0.29) is 10.9 Å². The van der Waals surface area contributed by atoms with Crippen LogP contribution in [0.15, 0.2) is 18.2 Å². The van der Waals surface area contributed by atoms with E-state index >= 15 is 0 Å². The van der Waals surface area contributed by atoms with Crippen LogP contribution in [0.1, 0.15) is 13.8 Å². The molecule has 0 aromatic heterocycles. The first-order valence-corrected chi connectivity index (χ1v) is 8.55. The molecule has 0 saturated carbocycles. The topological polar surface area (TPSA) is 75.7 Å². The molecule has 1 aromatic carbocycles. The summed E-state index contributed by atoms with van der Waals surface area (Å²) in [5.41, 5.74) is 0.307. The van der Waals surface area contributed by atoms with Crippen molar-refractivity contribution < 1.29 is 17.9 Å². The molecule has 0 unspecified atom stereocenters. The Morgan fingerprint density at radius 1 is 1.48 bits per heavy atom. The molecule has 0 fully saturated rings. The number of nitrogens with zero attached hydrogens (tertiary/aromatic N) is 1. The van der Waals surface area contributed by atoms with Crippen LogP contribution in [0.5, 0.6) is 5.75 Å². The van der Waals surface area contributed by atoms with Crippen molar-refractivity contribution in [1.82, 2.24) is 5.32 Å². The van der Waals surface area contributed by atoms with E-state index < -0.39 is 16.1 Å². The van der Waals surface area contributed by atoms with Crippen molar-refractivity contribution in [3.05, 3.63) is 23.2 Å². The van der Waals surface area contributed by atoms with Gasteiger partial charge in [-0.1, -0.05) is 11.6 Å². The van der Waals surface area contributed by atoms with E-state index in [2.05, 4.69) is 5.32 Å². The van der Waals surface area contributed by atoms with E-state index in [0.29, 0.717) is 18.0 Å². The maximum Gasteiger partial charge on any atom is 0.243 e. The molecule has 0 aliphatic rings. The Balaban J connectivity index is 3.27. The molecule has 6 nitrogen and oxygen atoms in total. The summed E-state index contributed by atoms with van der Waals surface area (Å²) >= 11 is 6.02. The van der Waals surface area contributed by atoms with Crippen LogP contribution < -0.4 is 14.4 Å². The lowest BCUT2D eigenvalue weighted by atomic mass is 10.2. The van der Waals surface area contributed by atoms with Gasteiger partial charge in [-0.3, -0.25) is 9.10 Å². The minimum Gasteiger partial charge on any atom is -0.495 e. The molecule has 0 heterocycles. The van der Waals surface area contributed by atoms with Crippen molar-refractivity contribution in [1.29, 1.82) is 0 Å². The average Bonchev–Trinajstić information content (AvgIpc) is 2.37. The predicted molar refractivity (Wildman–Crippen MR) is 83.5 cm³/mol. The molecular weight excluding hydrogens is 316 g/mol. The molecule has 0 bridgehead atoms. The first kappa shape index (κ1) is 17.6. The summed E-state index contributed by atoms with van der Waals surface area (Å²) in [5.74, 6) is 0.0504. The second-order valence-corrected chi connectivity index (χ2v) is 6.71. The quantitative estimate of drug-likeness (QED) is 0.858. The van der Waals surface area contributed by atoms with E-state index in [0.717, 1.165) is 10.6 Å². The zero-order valence-corrected chi connectivity index (χ0v) is 14.0. The van der Waals surface area contributed by atoms with Crippen LogP contribution in [0.3, 0.4) is 0 Å². The van der Waals surface area contributed by atoms with Crippen molar-refractivity contribution in [3.63, 3.8) is 0 Å².